The molecule has 20 heavy (non-hydrogen) atoms. The van der Waals surface area contributed by atoms with E-state index in [-0.39, 0.29) is 5.92 Å². The zero-order valence-electron chi connectivity index (χ0n) is 14.2. The molecule has 2 nitrogen and oxygen atoms in total. The zero-order valence-corrected chi connectivity index (χ0v) is 14.2. The van der Waals surface area contributed by atoms with Gasteiger partial charge in [-0.1, -0.05) is 90.9 Å². The van der Waals surface area contributed by atoms with Crippen LogP contribution in [0.3, 0.4) is 0 Å². The Bertz CT molecular complexity index is 196. The molecule has 0 aliphatic rings. The maximum Gasteiger partial charge on any atom is 0.162 e. The third-order valence-electron chi connectivity index (χ3n) is 4.42. The van der Waals surface area contributed by atoms with Crippen molar-refractivity contribution in [3.05, 3.63) is 0 Å². The number of rotatable bonds is 14. The minimum absolute atomic E-state index is 0.0226. The van der Waals surface area contributed by atoms with E-state index in [1.807, 2.05) is 6.92 Å². The van der Waals surface area contributed by atoms with Crippen molar-refractivity contribution in [3.8, 4) is 0 Å². The van der Waals surface area contributed by atoms with Crippen LogP contribution in [0.1, 0.15) is 104 Å². The molecule has 0 heterocycles. The molecule has 1 unspecified atom stereocenters. The quantitative estimate of drug-likeness (QED) is 0.331. The number of hydrogen-bond donors (Lipinski definition) is 2. The normalized spacial score (nSPS) is 13.7. The highest BCUT2D eigenvalue weighted by molar-refractivity contribution is 4.66. The van der Waals surface area contributed by atoms with E-state index in [4.69, 9.17) is 0 Å². The van der Waals surface area contributed by atoms with Gasteiger partial charge in [0.25, 0.3) is 0 Å². The van der Waals surface area contributed by atoms with Crippen molar-refractivity contribution in [2.45, 2.75) is 110 Å². The molecule has 0 bridgehead atoms. The average molecular weight is 286 g/mol. The summed E-state index contributed by atoms with van der Waals surface area (Å²) in [5.74, 6) is -1.52. The zero-order chi connectivity index (χ0) is 15.3. The Hall–Kier alpha value is -0.0800. The molecule has 0 aromatic heterocycles. The van der Waals surface area contributed by atoms with Crippen molar-refractivity contribution in [1.82, 2.24) is 0 Å². The first-order valence-electron chi connectivity index (χ1n) is 8.93. The fourth-order valence-corrected chi connectivity index (χ4v) is 2.56. The Balaban J connectivity index is 3.14. The highest BCUT2D eigenvalue weighted by Crippen LogP contribution is 2.20. The number of unbranched alkanes of at least 4 members (excludes halogenated alkanes) is 11. The largest absolute Gasteiger partial charge is 0.366 e. The lowest BCUT2D eigenvalue weighted by Crippen LogP contribution is -2.31. The number of aliphatic hydroxyl groups is 2. The molecule has 0 aromatic carbocycles. The third kappa shape index (κ3) is 12.9. The summed E-state index contributed by atoms with van der Waals surface area (Å²) in [5, 5.41) is 18.8. The van der Waals surface area contributed by atoms with Gasteiger partial charge < -0.3 is 10.2 Å². The van der Waals surface area contributed by atoms with Crippen LogP contribution in [0, 0.1) is 5.92 Å². The Morgan fingerprint density at radius 3 is 1.40 bits per heavy atom. The SMILES string of the molecule is CCCCCCCCCCCCCCC(C)C(C)(O)O. The van der Waals surface area contributed by atoms with E-state index >= 15 is 0 Å². The van der Waals surface area contributed by atoms with Crippen molar-refractivity contribution < 1.29 is 10.2 Å². The van der Waals surface area contributed by atoms with Crippen LogP contribution in [-0.4, -0.2) is 16.0 Å². The molecule has 0 aromatic rings. The van der Waals surface area contributed by atoms with Gasteiger partial charge in [-0.3, -0.25) is 0 Å². The molecule has 1 atom stereocenters. The molecule has 0 fully saturated rings. The minimum Gasteiger partial charge on any atom is -0.366 e. The highest BCUT2D eigenvalue weighted by atomic mass is 16.5. The fourth-order valence-electron chi connectivity index (χ4n) is 2.56. The summed E-state index contributed by atoms with van der Waals surface area (Å²) in [7, 11) is 0. The van der Waals surface area contributed by atoms with Crippen LogP contribution in [0.5, 0.6) is 0 Å². The van der Waals surface area contributed by atoms with Crippen molar-refractivity contribution in [3.63, 3.8) is 0 Å². The van der Waals surface area contributed by atoms with Crippen molar-refractivity contribution in [2.75, 3.05) is 0 Å². The lowest BCUT2D eigenvalue weighted by atomic mass is 9.95. The van der Waals surface area contributed by atoms with Gasteiger partial charge in [0, 0.05) is 5.92 Å². The predicted molar refractivity (Wildman–Crippen MR) is 87.7 cm³/mol. The van der Waals surface area contributed by atoms with Gasteiger partial charge in [-0.15, -0.1) is 0 Å². The summed E-state index contributed by atoms with van der Waals surface area (Å²) in [6, 6.07) is 0. The smallest absolute Gasteiger partial charge is 0.162 e. The summed E-state index contributed by atoms with van der Waals surface area (Å²) in [6.45, 7) is 5.67. The fraction of sp³-hybridized carbons (Fsp3) is 1.00. The van der Waals surface area contributed by atoms with Crippen LogP contribution in [0.4, 0.5) is 0 Å². The lowest BCUT2D eigenvalue weighted by Gasteiger charge is -2.24. The van der Waals surface area contributed by atoms with Gasteiger partial charge in [0.15, 0.2) is 5.79 Å². The lowest BCUT2D eigenvalue weighted by molar-refractivity contribution is -0.182. The first-order valence-corrected chi connectivity index (χ1v) is 8.93. The van der Waals surface area contributed by atoms with Gasteiger partial charge in [0.2, 0.25) is 0 Å². The van der Waals surface area contributed by atoms with Crippen LogP contribution in [0.15, 0.2) is 0 Å². The van der Waals surface area contributed by atoms with E-state index in [2.05, 4.69) is 6.92 Å². The van der Waals surface area contributed by atoms with Crippen molar-refractivity contribution in [2.24, 2.45) is 5.92 Å². The summed E-state index contributed by atoms with van der Waals surface area (Å²) in [4.78, 5) is 0. The molecule has 2 heteroatoms. The monoisotopic (exact) mass is 286 g/mol. The molecule has 0 rings (SSSR count). The summed E-state index contributed by atoms with van der Waals surface area (Å²) >= 11 is 0. The van der Waals surface area contributed by atoms with Crippen LogP contribution in [0.25, 0.3) is 0 Å². The van der Waals surface area contributed by atoms with E-state index in [0.29, 0.717) is 0 Å². The molecule has 0 saturated heterocycles. The van der Waals surface area contributed by atoms with Crippen LogP contribution in [0.2, 0.25) is 0 Å². The third-order valence-corrected chi connectivity index (χ3v) is 4.42. The molecule has 122 valence electrons. The minimum atomic E-state index is -1.50. The first-order chi connectivity index (χ1) is 9.48. The van der Waals surface area contributed by atoms with Gasteiger partial charge in [-0.2, -0.15) is 0 Å². The molecule has 0 aliphatic carbocycles. The summed E-state index contributed by atoms with van der Waals surface area (Å²) < 4.78 is 0. The first kappa shape index (κ1) is 19.9. The molecular weight excluding hydrogens is 248 g/mol. The van der Waals surface area contributed by atoms with Crippen LogP contribution in [-0.2, 0) is 0 Å². The van der Waals surface area contributed by atoms with Crippen LogP contribution < -0.4 is 0 Å². The second kappa shape index (κ2) is 12.6. The Labute approximate surface area is 127 Å². The van der Waals surface area contributed by atoms with Gasteiger partial charge in [0.1, 0.15) is 0 Å². The van der Waals surface area contributed by atoms with Gasteiger partial charge in [-0.25, -0.2) is 0 Å². The molecule has 0 aliphatic heterocycles. The van der Waals surface area contributed by atoms with Crippen molar-refractivity contribution in [1.29, 1.82) is 0 Å². The molecule has 0 amide bonds. The Morgan fingerprint density at radius 2 is 1.05 bits per heavy atom. The maximum absolute atomic E-state index is 9.42. The molecule has 0 spiro atoms. The number of hydrogen-bond acceptors (Lipinski definition) is 2. The molecule has 2 N–H and O–H groups in total. The van der Waals surface area contributed by atoms with E-state index < -0.39 is 5.79 Å². The van der Waals surface area contributed by atoms with E-state index in [1.165, 1.54) is 77.6 Å². The molecular formula is C18H38O2. The van der Waals surface area contributed by atoms with Gasteiger partial charge in [-0.05, 0) is 13.3 Å². The molecule has 0 saturated carbocycles. The standard InChI is InChI=1S/C18H38O2/c1-4-5-6-7-8-9-10-11-12-13-14-15-16-17(2)18(3,19)20/h17,19-20H,4-16H2,1-3H3. The second-order valence-electron chi connectivity index (χ2n) is 6.67. The molecule has 0 radical (unpaired) electrons. The summed E-state index contributed by atoms with van der Waals surface area (Å²) in [6.07, 6.45) is 17.1. The van der Waals surface area contributed by atoms with Crippen LogP contribution >= 0.6 is 0 Å². The van der Waals surface area contributed by atoms with E-state index in [1.54, 1.807) is 0 Å². The maximum atomic E-state index is 9.42. The average Bonchev–Trinajstić information content (AvgIpc) is 2.38. The van der Waals surface area contributed by atoms with Crippen molar-refractivity contribution >= 4 is 0 Å². The highest BCUT2D eigenvalue weighted by Gasteiger charge is 2.23. The topological polar surface area (TPSA) is 40.5 Å². The van der Waals surface area contributed by atoms with E-state index in [0.717, 1.165) is 12.8 Å². The predicted octanol–water partition coefficient (Wildman–Crippen LogP) is 5.41. The van der Waals surface area contributed by atoms with Gasteiger partial charge in [0.05, 0.1) is 0 Å². The Kier molecular flexibility index (Phi) is 12.6. The van der Waals surface area contributed by atoms with Gasteiger partial charge >= 0.3 is 0 Å². The second-order valence-corrected chi connectivity index (χ2v) is 6.67. The van der Waals surface area contributed by atoms with E-state index in [9.17, 15) is 10.2 Å². The Morgan fingerprint density at radius 1 is 0.700 bits per heavy atom. The summed E-state index contributed by atoms with van der Waals surface area (Å²) in [5.41, 5.74) is 0.